The number of nitrogens with two attached hydrogens (primary N) is 1. The number of imidazole rings is 1. The Morgan fingerprint density at radius 2 is 1.86 bits per heavy atom. The Labute approximate surface area is 123 Å². The summed E-state index contributed by atoms with van der Waals surface area (Å²) in [6.07, 6.45) is 2.60. The molecule has 21 heavy (non-hydrogen) atoms. The van der Waals surface area contributed by atoms with Crippen LogP contribution in [-0.2, 0) is 20.1 Å². The van der Waals surface area contributed by atoms with Gasteiger partial charge in [0.05, 0.1) is 0 Å². The van der Waals surface area contributed by atoms with E-state index >= 15 is 0 Å². The maximum absolute atomic E-state index is 12.4. The molecule has 0 bridgehead atoms. The van der Waals surface area contributed by atoms with Crippen LogP contribution in [-0.4, -0.2) is 25.2 Å². The van der Waals surface area contributed by atoms with Crippen molar-refractivity contribution in [3.05, 3.63) is 26.7 Å². The Morgan fingerprint density at radius 1 is 1.14 bits per heavy atom. The summed E-state index contributed by atoms with van der Waals surface area (Å²) in [6, 6.07) is 0. The first kappa shape index (κ1) is 15.5. The molecule has 0 saturated carbocycles. The van der Waals surface area contributed by atoms with Crippen molar-refractivity contribution in [3.8, 4) is 0 Å². The van der Waals surface area contributed by atoms with Crippen molar-refractivity contribution in [1.29, 1.82) is 0 Å². The van der Waals surface area contributed by atoms with Crippen molar-refractivity contribution in [2.24, 2.45) is 12.8 Å². The smallest absolute Gasteiger partial charge is 0.330 e. The molecule has 0 saturated heterocycles. The summed E-state index contributed by atoms with van der Waals surface area (Å²) in [4.78, 5) is 29.1. The molecule has 0 atom stereocenters. The zero-order valence-corrected chi connectivity index (χ0v) is 12.9. The fourth-order valence-electron chi connectivity index (χ4n) is 2.58. The van der Waals surface area contributed by atoms with Gasteiger partial charge in [-0.25, -0.2) is 9.78 Å². The van der Waals surface area contributed by atoms with Crippen LogP contribution in [0.1, 0.15) is 32.0 Å². The Morgan fingerprint density at radius 3 is 2.48 bits per heavy atom. The largest absolute Gasteiger partial charge is 0.332 e. The lowest BCUT2D eigenvalue weighted by Crippen LogP contribution is -2.38. The SMILES string of the molecule is CCCn1c(=O)n(C)c(=O)c2c1nc(C)n2CCCCN. The molecule has 7 nitrogen and oxygen atoms in total. The van der Waals surface area contributed by atoms with Gasteiger partial charge in [-0.1, -0.05) is 6.92 Å². The van der Waals surface area contributed by atoms with Gasteiger partial charge in [0.2, 0.25) is 0 Å². The summed E-state index contributed by atoms with van der Waals surface area (Å²) < 4.78 is 4.65. The van der Waals surface area contributed by atoms with Gasteiger partial charge in [-0.05, 0) is 32.7 Å². The van der Waals surface area contributed by atoms with Crippen LogP contribution < -0.4 is 17.0 Å². The lowest BCUT2D eigenvalue weighted by molar-refractivity contribution is 0.598. The molecule has 0 aliphatic rings. The summed E-state index contributed by atoms with van der Waals surface area (Å²) >= 11 is 0. The molecule has 0 aliphatic carbocycles. The average Bonchev–Trinajstić information content (AvgIpc) is 2.79. The topological polar surface area (TPSA) is 87.8 Å². The summed E-state index contributed by atoms with van der Waals surface area (Å²) in [5.74, 6) is 0.759. The van der Waals surface area contributed by atoms with Gasteiger partial charge in [0.25, 0.3) is 5.56 Å². The number of aromatic nitrogens is 4. The van der Waals surface area contributed by atoms with Crippen molar-refractivity contribution in [3.63, 3.8) is 0 Å². The molecule has 0 spiro atoms. The van der Waals surface area contributed by atoms with Crippen LogP contribution in [0.25, 0.3) is 11.2 Å². The highest BCUT2D eigenvalue weighted by atomic mass is 16.2. The van der Waals surface area contributed by atoms with Crippen LogP contribution in [0.3, 0.4) is 0 Å². The molecule has 2 rings (SSSR count). The van der Waals surface area contributed by atoms with Gasteiger partial charge in [0.1, 0.15) is 5.82 Å². The number of aryl methyl sites for hydroxylation is 3. The van der Waals surface area contributed by atoms with Gasteiger partial charge in [0.15, 0.2) is 11.2 Å². The van der Waals surface area contributed by atoms with E-state index in [4.69, 9.17) is 5.73 Å². The van der Waals surface area contributed by atoms with Crippen LogP contribution in [0.15, 0.2) is 9.59 Å². The zero-order valence-electron chi connectivity index (χ0n) is 12.9. The molecule has 2 N–H and O–H groups in total. The standard InChI is InChI=1S/C14H23N5O2/c1-4-8-19-12-11(13(20)17(3)14(19)21)18(10(2)16-12)9-6-5-7-15/h4-9,15H2,1-3H3. The summed E-state index contributed by atoms with van der Waals surface area (Å²) in [5, 5.41) is 0. The van der Waals surface area contributed by atoms with E-state index in [0.29, 0.717) is 30.8 Å². The van der Waals surface area contributed by atoms with Crippen molar-refractivity contribution in [1.82, 2.24) is 18.7 Å². The first-order valence-electron chi connectivity index (χ1n) is 7.39. The lowest BCUT2D eigenvalue weighted by atomic mass is 10.3. The number of hydrogen-bond donors (Lipinski definition) is 1. The van der Waals surface area contributed by atoms with E-state index in [2.05, 4.69) is 4.98 Å². The Hall–Kier alpha value is -1.89. The summed E-state index contributed by atoms with van der Waals surface area (Å²) in [5.41, 5.74) is 5.94. The molecule has 2 aromatic rings. The third-order valence-electron chi connectivity index (χ3n) is 3.70. The minimum atomic E-state index is -0.305. The molecule has 0 aromatic carbocycles. The number of hydrogen-bond acceptors (Lipinski definition) is 4. The fourth-order valence-corrected chi connectivity index (χ4v) is 2.58. The third kappa shape index (κ3) is 2.65. The molecule has 2 aromatic heterocycles. The van der Waals surface area contributed by atoms with Crippen LogP contribution in [0.5, 0.6) is 0 Å². The third-order valence-corrected chi connectivity index (χ3v) is 3.70. The second-order valence-corrected chi connectivity index (χ2v) is 5.28. The summed E-state index contributed by atoms with van der Waals surface area (Å²) in [7, 11) is 1.52. The number of nitrogens with zero attached hydrogens (tertiary/aromatic N) is 4. The first-order chi connectivity index (χ1) is 10.0. The molecular weight excluding hydrogens is 270 g/mol. The van der Waals surface area contributed by atoms with E-state index in [0.717, 1.165) is 25.1 Å². The molecule has 0 unspecified atom stereocenters. The van der Waals surface area contributed by atoms with Crippen LogP contribution in [0.4, 0.5) is 0 Å². The zero-order chi connectivity index (χ0) is 15.6. The molecule has 2 heterocycles. The maximum Gasteiger partial charge on any atom is 0.332 e. The van der Waals surface area contributed by atoms with E-state index in [1.807, 2.05) is 18.4 Å². The Bertz CT molecular complexity index is 753. The molecule has 7 heteroatoms. The van der Waals surface area contributed by atoms with Gasteiger partial charge < -0.3 is 10.3 Å². The van der Waals surface area contributed by atoms with Crippen LogP contribution in [0, 0.1) is 6.92 Å². The monoisotopic (exact) mass is 293 g/mol. The van der Waals surface area contributed by atoms with Crippen molar-refractivity contribution < 1.29 is 0 Å². The van der Waals surface area contributed by atoms with E-state index in [1.54, 1.807) is 4.57 Å². The molecule has 0 amide bonds. The second-order valence-electron chi connectivity index (χ2n) is 5.28. The molecule has 116 valence electrons. The maximum atomic E-state index is 12.4. The number of rotatable bonds is 6. The number of unbranched alkanes of at least 4 members (excludes halogenated alkanes) is 1. The van der Waals surface area contributed by atoms with Crippen LogP contribution in [0.2, 0.25) is 0 Å². The molecular formula is C14H23N5O2. The Kier molecular flexibility index (Phi) is 4.62. The van der Waals surface area contributed by atoms with E-state index in [9.17, 15) is 9.59 Å². The van der Waals surface area contributed by atoms with Crippen LogP contribution >= 0.6 is 0 Å². The van der Waals surface area contributed by atoms with Gasteiger partial charge >= 0.3 is 5.69 Å². The van der Waals surface area contributed by atoms with Crippen molar-refractivity contribution in [2.45, 2.75) is 46.2 Å². The predicted octanol–water partition coefficient (Wildman–Crippen LogP) is 0.354. The average molecular weight is 293 g/mol. The normalized spacial score (nSPS) is 11.4. The second kappa shape index (κ2) is 6.26. The highest BCUT2D eigenvalue weighted by Gasteiger charge is 2.17. The van der Waals surface area contributed by atoms with E-state index < -0.39 is 0 Å². The first-order valence-corrected chi connectivity index (χ1v) is 7.39. The lowest BCUT2D eigenvalue weighted by Gasteiger charge is -2.09. The van der Waals surface area contributed by atoms with Gasteiger partial charge in [-0.2, -0.15) is 0 Å². The molecule has 0 radical (unpaired) electrons. The van der Waals surface area contributed by atoms with Gasteiger partial charge in [0, 0.05) is 20.1 Å². The predicted molar refractivity (Wildman–Crippen MR) is 82.6 cm³/mol. The van der Waals surface area contributed by atoms with Crippen molar-refractivity contribution in [2.75, 3.05) is 6.54 Å². The quantitative estimate of drug-likeness (QED) is 0.779. The highest BCUT2D eigenvalue weighted by molar-refractivity contribution is 5.71. The van der Waals surface area contributed by atoms with E-state index in [1.165, 1.54) is 11.6 Å². The highest BCUT2D eigenvalue weighted by Crippen LogP contribution is 2.12. The van der Waals surface area contributed by atoms with Gasteiger partial charge in [-0.3, -0.25) is 13.9 Å². The minimum Gasteiger partial charge on any atom is -0.330 e. The molecule has 0 aliphatic heterocycles. The number of fused-ring (bicyclic) bond motifs is 1. The molecule has 0 fully saturated rings. The van der Waals surface area contributed by atoms with Crippen molar-refractivity contribution >= 4 is 11.2 Å². The van der Waals surface area contributed by atoms with E-state index in [-0.39, 0.29) is 11.2 Å². The fraction of sp³-hybridized carbons (Fsp3) is 0.643. The van der Waals surface area contributed by atoms with Gasteiger partial charge in [-0.15, -0.1) is 0 Å². The minimum absolute atomic E-state index is 0.282. The Balaban J connectivity index is 2.70. The summed E-state index contributed by atoms with van der Waals surface area (Å²) in [6.45, 7) is 5.74.